The first-order valence-corrected chi connectivity index (χ1v) is 9.85. The molecule has 1 atom stereocenters. The SMILES string of the molecule is C=CCc1cc(C(O)c2ccccc2)ccc1OCCCCCCCC. The quantitative estimate of drug-likeness (QED) is 0.362. The number of hydrogen-bond donors (Lipinski definition) is 1. The van der Waals surface area contributed by atoms with E-state index >= 15 is 0 Å². The minimum absolute atomic E-state index is 0.618. The van der Waals surface area contributed by atoms with Gasteiger partial charge in [-0.1, -0.05) is 81.5 Å². The molecule has 140 valence electrons. The Morgan fingerprint density at radius 1 is 0.962 bits per heavy atom. The van der Waals surface area contributed by atoms with Crippen LogP contribution >= 0.6 is 0 Å². The van der Waals surface area contributed by atoms with Crippen molar-refractivity contribution >= 4 is 0 Å². The van der Waals surface area contributed by atoms with Gasteiger partial charge in [0.05, 0.1) is 6.61 Å². The van der Waals surface area contributed by atoms with Gasteiger partial charge in [0.15, 0.2) is 0 Å². The third-order valence-electron chi connectivity index (χ3n) is 4.64. The van der Waals surface area contributed by atoms with Crippen molar-refractivity contribution in [3.05, 3.63) is 77.9 Å². The molecular formula is C24H32O2. The van der Waals surface area contributed by atoms with Crippen LogP contribution in [-0.4, -0.2) is 11.7 Å². The van der Waals surface area contributed by atoms with Crippen molar-refractivity contribution in [1.82, 2.24) is 0 Å². The molecule has 2 aromatic carbocycles. The van der Waals surface area contributed by atoms with Crippen LogP contribution in [0.2, 0.25) is 0 Å². The summed E-state index contributed by atoms with van der Waals surface area (Å²) in [5, 5.41) is 10.6. The van der Waals surface area contributed by atoms with E-state index in [2.05, 4.69) is 13.5 Å². The second-order valence-electron chi connectivity index (χ2n) is 6.79. The van der Waals surface area contributed by atoms with Gasteiger partial charge in [-0.15, -0.1) is 6.58 Å². The monoisotopic (exact) mass is 352 g/mol. The first-order valence-electron chi connectivity index (χ1n) is 9.85. The van der Waals surface area contributed by atoms with E-state index in [-0.39, 0.29) is 0 Å². The molecule has 0 spiro atoms. The number of benzene rings is 2. The van der Waals surface area contributed by atoms with Gasteiger partial charge in [-0.05, 0) is 41.7 Å². The van der Waals surface area contributed by atoms with Crippen molar-refractivity contribution in [1.29, 1.82) is 0 Å². The second kappa shape index (κ2) is 11.5. The van der Waals surface area contributed by atoms with E-state index in [9.17, 15) is 5.11 Å². The minimum Gasteiger partial charge on any atom is -0.493 e. The Morgan fingerprint density at radius 2 is 1.69 bits per heavy atom. The third kappa shape index (κ3) is 6.34. The molecule has 0 fully saturated rings. The van der Waals surface area contributed by atoms with E-state index in [1.54, 1.807) is 0 Å². The third-order valence-corrected chi connectivity index (χ3v) is 4.64. The number of allylic oxidation sites excluding steroid dienone is 1. The molecule has 2 heteroatoms. The predicted molar refractivity (Wildman–Crippen MR) is 110 cm³/mol. The van der Waals surface area contributed by atoms with Crippen LogP contribution in [0, 0.1) is 0 Å². The molecule has 0 aliphatic rings. The van der Waals surface area contributed by atoms with Crippen molar-refractivity contribution in [3.8, 4) is 5.75 Å². The molecule has 0 aromatic heterocycles. The average Bonchev–Trinajstić information content (AvgIpc) is 2.68. The number of unbranched alkanes of at least 4 members (excludes halogenated alkanes) is 5. The van der Waals surface area contributed by atoms with Gasteiger partial charge in [-0.2, -0.15) is 0 Å². The molecule has 0 amide bonds. The Morgan fingerprint density at radius 3 is 2.42 bits per heavy atom. The molecule has 1 N–H and O–H groups in total. The Hall–Kier alpha value is -2.06. The fourth-order valence-electron chi connectivity index (χ4n) is 3.12. The number of hydrogen-bond acceptors (Lipinski definition) is 2. The lowest BCUT2D eigenvalue weighted by Gasteiger charge is -2.16. The summed E-state index contributed by atoms with van der Waals surface area (Å²) < 4.78 is 6.01. The van der Waals surface area contributed by atoms with Crippen molar-refractivity contribution in [2.45, 2.75) is 58.0 Å². The first-order chi connectivity index (χ1) is 12.8. The molecule has 0 aliphatic heterocycles. The largest absolute Gasteiger partial charge is 0.493 e. The van der Waals surface area contributed by atoms with Crippen LogP contribution in [0.4, 0.5) is 0 Å². The highest BCUT2D eigenvalue weighted by atomic mass is 16.5. The molecule has 0 heterocycles. The molecular weight excluding hydrogens is 320 g/mol. The highest BCUT2D eigenvalue weighted by Gasteiger charge is 2.13. The molecule has 0 radical (unpaired) electrons. The molecule has 1 unspecified atom stereocenters. The Balaban J connectivity index is 1.96. The van der Waals surface area contributed by atoms with Crippen molar-refractivity contribution in [2.24, 2.45) is 0 Å². The average molecular weight is 353 g/mol. The molecule has 2 aromatic rings. The Labute approximate surface area is 158 Å². The van der Waals surface area contributed by atoms with Crippen molar-refractivity contribution < 1.29 is 9.84 Å². The van der Waals surface area contributed by atoms with Gasteiger partial charge in [-0.25, -0.2) is 0 Å². The van der Waals surface area contributed by atoms with E-state index < -0.39 is 6.10 Å². The lowest BCUT2D eigenvalue weighted by Crippen LogP contribution is -2.04. The lowest BCUT2D eigenvalue weighted by molar-refractivity contribution is 0.220. The summed E-state index contributed by atoms with van der Waals surface area (Å²) in [4.78, 5) is 0. The standard InChI is InChI=1S/C24H32O2/c1-3-5-6-7-8-12-18-26-23-17-16-22(19-21(23)13-4-2)24(25)20-14-10-9-11-15-20/h4,9-11,14-17,19,24-25H,2-3,5-8,12-13,18H2,1H3. The predicted octanol–water partition coefficient (Wildman–Crippen LogP) is 6.24. The van der Waals surface area contributed by atoms with Gasteiger partial charge >= 0.3 is 0 Å². The maximum absolute atomic E-state index is 10.6. The van der Waals surface area contributed by atoms with E-state index in [1.807, 2.05) is 54.6 Å². The van der Waals surface area contributed by atoms with E-state index in [1.165, 1.54) is 32.1 Å². The highest BCUT2D eigenvalue weighted by molar-refractivity contribution is 5.41. The smallest absolute Gasteiger partial charge is 0.122 e. The summed E-state index contributed by atoms with van der Waals surface area (Å²) in [6.45, 7) is 6.84. The number of rotatable bonds is 12. The maximum Gasteiger partial charge on any atom is 0.122 e. The highest BCUT2D eigenvalue weighted by Crippen LogP contribution is 2.28. The molecule has 0 aliphatic carbocycles. The summed E-state index contributed by atoms with van der Waals surface area (Å²) in [6.07, 6.45) is 9.54. The van der Waals surface area contributed by atoms with Gasteiger partial charge in [-0.3, -0.25) is 0 Å². The van der Waals surface area contributed by atoms with Crippen LogP contribution in [-0.2, 0) is 6.42 Å². The molecule has 0 saturated heterocycles. The summed E-state index contributed by atoms with van der Waals surface area (Å²) in [5.74, 6) is 0.905. The minimum atomic E-state index is -0.618. The fraction of sp³-hybridized carbons (Fsp3) is 0.417. The first kappa shape index (κ1) is 20.3. The van der Waals surface area contributed by atoms with Crippen molar-refractivity contribution in [3.63, 3.8) is 0 Å². The van der Waals surface area contributed by atoms with Gasteiger partial charge in [0, 0.05) is 0 Å². The number of aliphatic hydroxyl groups excluding tert-OH is 1. The topological polar surface area (TPSA) is 29.5 Å². The molecule has 0 saturated carbocycles. The number of ether oxygens (including phenoxy) is 1. The maximum atomic E-state index is 10.6. The number of aliphatic hydroxyl groups is 1. The lowest BCUT2D eigenvalue weighted by atomic mass is 9.98. The zero-order valence-corrected chi connectivity index (χ0v) is 16.0. The van der Waals surface area contributed by atoms with Crippen LogP contribution in [0.15, 0.2) is 61.2 Å². The molecule has 2 nitrogen and oxygen atoms in total. The van der Waals surface area contributed by atoms with E-state index in [0.717, 1.165) is 41.9 Å². The van der Waals surface area contributed by atoms with Gasteiger partial charge in [0.25, 0.3) is 0 Å². The van der Waals surface area contributed by atoms with Crippen LogP contribution in [0.1, 0.15) is 68.2 Å². The fourth-order valence-corrected chi connectivity index (χ4v) is 3.12. The van der Waals surface area contributed by atoms with E-state index in [4.69, 9.17) is 4.74 Å². The Bertz CT molecular complexity index is 649. The summed E-state index contributed by atoms with van der Waals surface area (Å²) in [5.41, 5.74) is 2.87. The van der Waals surface area contributed by atoms with Gasteiger partial charge in [0.1, 0.15) is 11.9 Å². The summed E-state index contributed by atoms with van der Waals surface area (Å²) >= 11 is 0. The van der Waals surface area contributed by atoms with Crippen molar-refractivity contribution in [2.75, 3.05) is 6.61 Å². The summed E-state index contributed by atoms with van der Waals surface area (Å²) in [6, 6.07) is 15.7. The van der Waals surface area contributed by atoms with Crippen LogP contribution in [0.25, 0.3) is 0 Å². The summed E-state index contributed by atoms with van der Waals surface area (Å²) in [7, 11) is 0. The zero-order chi connectivity index (χ0) is 18.6. The zero-order valence-electron chi connectivity index (χ0n) is 16.0. The normalized spacial score (nSPS) is 11.9. The second-order valence-corrected chi connectivity index (χ2v) is 6.79. The van der Waals surface area contributed by atoms with Gasteiger partial charge < -0.3 is 9.84 Å². The Kier molecular flexibility index (Phi) is 8.99. The van der Waals surface area contributed by atoms with Crippen LogP contribution < -0.4 is 4.74 Å². The molecule has 26 heavy (non-hydrogen) atoms. The van der Waals surface area contributed by atoms with Crippen LogP contribution in [0.3, 0.4) is 0 Å². The van der Waals surface area contributed by atoms with Gasteiger partial charge in [0.2, 0.25) is 0 Å². The molecule has 0 bridgehead atoms. The van der Waals surface area contributed by atoms with E-state index in [0.29, 0.717) is 0 Å². The molecule has 2 rings (SSSR count). The van der Waals surface area contributed by atoms with Crippen LogP contribution in [0.5, 0.6) is 5.75 Å².